The average molecular weight is 454 g/mol. The number of benzene rings is 2. The van der Waals surface area contributed by atoms with Crippen molar-refractivity contribution in [3.8, 4) is 5.75 Å². The molecule has 3 rings (SSSR count). The lowest BCUT2D eigenvalue weighted by molar-refractivity contribution is -0.170. The smallest absolute Gasteiger partial charge is 0.407 e. The molecule has 0 atom stereocenters. The van der Waals surface area contributed by atoms with Gasteiger partial charge in [0.1, 0.15) is 11.4 Å². The first-order valence-corrected chi connectivity index (χ1v) is 10.5. The molecular weight excluding hydrogens is 428 g/mol. The second-order valence-corrected chi connectivity index (χ2v) is 8.38. The van der Waals surface area contributed by atoms with Gasteiger partial charge in [-0.2, -0.15) is 0 Å². The van der Waals surface area contributed by atoms with Gasteiger partial charge in [-0.25, -0.2) is 9.59 Å². The highest BCUT2D eigenvalue weighted by molar-refractivity contribution is 6.20. The minimum Gasteiger partial charge on any atom is -0.482 e. The van der Waals surface area contributed by atoms with Crippen LogP contribution in [0.3, 0.4) is 0 Å². The van der Waals surface area contributed by atoms with Crippen LogP contribution in [-0.4, -0.2) is 47.7 Å². The van der Waals surface area contributed by atoms with Crippen molar-refractivity contribution in [2.45, 2.75) is 39.2 Å². The first kappa shape index (κ1) is 23.8. The Hall–Kier alpha value is -3.88. The zero-order valence-corrected chi connectivity index (χ0v) is 18.8. The first-order valence-electron chi connectivity index (χ1n) is 10.5. The monoisotopic (exact) mass is 454 g/mol. The molecule has 33 heavy (non-hydrogen) atoms. The largest absolute Gasteiger partial charge is 0.482 e. The molecule has 1 heterocycles. The van der Waals surface area contributed by atoms with E-state index in [1.807, 2.05) is 12.1 Å². The molecule has 0 aromatic heterocycles. The summed E-state index contributed by atoms with van der Waals surface area (Å²) in [5.74, 6) is -1.81. The Labute approximate surface area is 191 Å². The summed E-state index contributed by atoms with van der Waals surface area (Å²) in [5, 5.41) is 3.16. The molecule has 0 saturated heterocycles. The summed E-state index contributed by atoms with van der Waals surface area (Å²) in [6.07, 6.45) is 1.02. The lowest BCUT2D eigenvalue weighted by atomic mass is 10.1. The number of hydrogen-bond acceptors (Lipinski definition) is 7. The number of carbonyl (C=O) groups excluding carboxylic acids is 4. The van der Waals surface area contributed by atoms with Gasteiger partial charge < -0.3 is 19.6 Å². The lowest BCUT2D eigenvalue weighted by Crippen LogP contribution is -2.34. The van der Waals surface area contributed by atoms with E-state index in [4.69, 9.17) is 14.3 Å². The number of nitrogens with zero attached hydrogens (tertiary/aromatic N) is 1. The molecule has 9 nitrogen and oxygen atoms in total. The van der Waals surface area contributed by atoms with Gasteiger partial charge in [-0.05, 0) is 63.4 Å². The second kappa shape index (κ2) is 10.2. The topological polar surface area (TPSA) is 111 Å². The fraction of sp³-hybridized carbons (Fsp3) is 0.333. The highest BCUT2D eigenvalue weighted by Crippen LogP contribution is 2.22. The van der Waals surface area contributed by atoms with E-state index in [1.165, 1.54) is 12.1 Å². The number of hydrogen-bond donors (Lipinski definition) is 1. The van der Waals surface area contributed by atoms with Crippen LogP contribution in [0, 0.1) is 0 Å². The maximum absolute atomic E-state index is 12.2. The van der Waals surface area contributed by atoms with Crippen LogP contribution in [0.25, 0.3) is 0 Å². The van der Waals surface area contributed by atoms with E-state index in [1.54, 1.807) is 45.0 Å². The lowest BCUT2D eigenvalue weighted by Gasteiger charge is -2.19. The van der Waals surface area contributed by atoms with Crippen LogP contribution in [0.2, 0.25) is 0 Å². The second-order valence-electron chi connectivity index (χ2n) is 8.38. The third-order valence-corrected chi connectivity index (χ3v) is 4.54. The molecule has 1 aliphatic heterocycles. The van der Waals surface area contributed by atoms with Gasteiger partial charge in [-0.15, -0.1) is 0 Å². The summed E-state index contributed by atoms with van der Waals surface area (Å²) in [6, 6.07) is 13.3. The van der Waals surface area contributed by atoms with Gasteiger partial charge in [-0.1, -0.05) is 29.3 Å². The summed E-state index contributed by atoms with van der Waals surface area (Å²) in [4.78, 5) is 53.0. The van der Waals surface area contributed by atoms with Crippen LogP contribution < -0.4 is 10.1 Å². The summed E-state index contributed by atoms with van der Waals surface area (Å²) >= 11 is 0. The van der Waals surface area contributed by atoms with Gasteiger partial charge >= 0.3 is 12.1 Å². The Morgan fingerprint density at radius 2 is 1.55 bits per heavy atom. The van der Waals surface area contributed by atoms with Gasteiger partial charge in [-0.3, -0.25) is 9.59 Å². The summed E-state index contributed by atoms with van der Waals surface area (Å²) in [5.41, 5.74) is 0.875. The van der Waals surface area contributed by atoms with Crippen LogP contribution in [0.5, 0.6) is 5.75 Å². The van der Waals surface area contributed by atoms with Crippen molar-refractivity contribution < 1.29 is 33.5 Å². The Morgan fingerprint density at radius 3 is 2.12 bits per heavy atom. The first-order chi connectivity index (χ1) is 15.6. The molecule has 0 aliphatic carbocycles. The molecule has 0 radical (unpaired) electrons. The predicted molar refractivity (Wildman–Crippen MR) is 118 cm³/mol. The predicted octanol–water partition coefficient (Wildman–Crippen LogP) is 3.28. The maximum atomic E-state index is 12.2. The molecular formula is C24H26N2O7. The van der Waals surface area contributed by atoms with Gasteiger partial charge in [0.2, 0.25) is 0 Å². The van der Waals surface area contributed by atoms with E-state index in [-0.39, 0.29) is 11.1 Å². The molecule has 0 saturated carbocycles. The quantitative estimate of drug-likeness (QED) is 0.481. The molecule has 0 spiro atoms. The van der Waals surface area contributed by atoms with Crippen molar-refractivity contribution >= 4 is 23.9 Å². The molecule has 3 amide bonds. The van der Waals surface area contributed by atoms with E-state index >= 15 is 0 Å². The SMILES string of the molecule is CC(C)(C)OC(=O)NCCCc1ccc(OCC(=O)ON2C(=O)c3ccccc3C2=O)cc1. The minimum absolute atomic E-state index is 0.188. The Morgan fingerprint density at radius 1 is 0.939 bits per heavy atom. The molecule has 0 fully saturated rings. The third-order valence-electron chi connectivity index (χ3n) is 4.54. The number of alkyl carbamates (subject to hydrolysis) is 1. The zero-order valence-electron chi connectivity index (χ0n) is 18.8. The number of imide groups is 1. The minimum atomic E-state index is -0.873. The van der Waals surface area contributed by atoms with Crippen LogP contribution in [0.4, 0.5) is 4.79 Å². The van der Waals surface area contributed by atoms with Gasteiger partial charge in [0.15, 0.2) is 6.61 Å². The van der Waals surface area contributed by atoms with E-state index < -0.39 is 36.1 Å². The van der Waals surface area contributed by atoms with Crippen molar-refractivity contribution in [1.82, 2.24) is 10.4 Å². The zero-order chi connectivity index (χ0) is 24.0. The van der Waals surface area contributed by atoms with Crippen molar-refractivity contribution in [3.05, 3.63) is 65.2 Å². The Kier molecular flexibility index (Phi) is 7.32. The molecule has 2 aromatic rings. The van der Waals surface area contributed by atoms with E-state index in [0.29, 0.717) is 17.4 Å². The molecule has 9 heteroatoms. The number of hydroxylamine groups is 2. The number of rotatable bonds is 8. The molecule has 1 N–H and O–H groups in total. The molecule has 0 bridgehead atoms. The van der Waals surface area contributed by atoms with Gasteiger partial charge in [0, 0.05) is 6.54 Å². The molecule has 0 unspecified atom stereocenters. The molecule has 174 valence electrons. The van der Waals surface area contributed by atoms with Crippen molar-refractivity contribution in [1.29, 1.82) is 0 Å². The van der Waals surface area contributed by atoms with Gasteiger partial charge in [0.25, 0.3) is 11.8 Å². The van der Waals surface area contributed by atoms with Crippen LogP contribution in [0.1, 0.15) is 53.5 Å². The van der Waals surface area contributed by atoms with E-state index in [0.717, 1.165) is 18.4 Å². The Balaban J connectivity index is 1.39. The highest BCUT2D eigenvalue weighted by atomic mass is 16.7. The fourth-order valence-electron chi connectivity index (χ4n) is 3.07. The summed E-state index contributed by atoms with van der Waals surface area (Å²) < 4.78 is 10.6. The Bertz CT molecular complexity index is 1010. The van der Waals surface area contributed by atoms with Gasteiger partial charge in [0.05, 0.1) is 11.1 Å². The normalized spacial score (nSPS) is 12.9. The highest BCUT2D eigenvalue weighted by Gasteiger charge is 2.38. The van der Waals surface area contributed by atoms with E-state index in [2.05, 4.69) is 5.32 Å². The number of fused-ring (bicyclic) bond motifs is 1. The van der Waals surface area contributed by atoms with E-state index in [9.17, 15) is 19.2 Å². The van der Waals surface area contributed by atoms with Crippen LogP contribution in [-0.2, 0) is 20.8 Å². The van der Waals surface area contributed by atoms with Crippen molar-refractivity contribution in [3.63, 3.8) is 0 Å². The number of aryl methyl sites for hydroxylation is 1. The number of amides is 3. The molecule has 1 aliphatic rings. The average Bonchev–Trinajstić information content (AvgIpc) is 3.00. The third kappa shape index (κ3) is 6.55. The van der Waals surface area contributed by atoms with Crippen molar-refractivity contribution in [2.75, 3.05) is 13.2 Å². The summed E-state index contributed by atoms with van der Waals surface area (Å²) in [7, 11) is 0. The standard InChI is InChI=1S/C24H26N2O7/c1-24(2,3)32-23(30)25-14-6-7-16-10-12-17(13-11-16)31-15-20(27)33-26-21(28)18-8-4-5-9-19(18)22(26)29/h4-5,8-13H,6-7,14-15H2,1-3H3,(H,25,30). The van der Waals surface area contributed by atoms with Crippen LogP contribution in [0.15, 0.2) is 48.5 Å². The number of ether oxygens (including phenoxy) is 2. The van der Waals surface area contributed by atoms with Crippen LogP contribution >= 0.6 is 0 Å². The molecule has 2 aromatic carbocycles. The number of nitrogens with one attached hydrogen (secondary N) is 1. The maximum Gasteiger partial charge on any atom is 0.407 e. The van der Waals surface area contributed by atoms with Crippen molar-refractivity contribution in [2.24, 2.45) is 0 Å². The summed E-state index contributed by atoms with van der Waals surface area (Å²) in [6.45, 7) is 5.44. The number of carbonyl (C=O) groups is 4. The fourth-order valence-corrected chi connectivity index (χ4v) is 3.07.